The van der Waals surface area contributed by atoms with Crippen LogP contribution in [0.25, 0.3) is 0 Å². The minimum Gasteiger partial charge on any atom is -0.458 e. The fourth-order valence-corrected chi connectivity index (χ4v) is 3.68. The number of nitrogen functional groups attached to an aromatic ring is 1. The van der Waals surface area contributed by atoms with E-state index in [2.05, 4.69) is 4.98 Å². The third kappa shape index (κ3) is 2.70. The van der Waals surface area contributed by atoms with Crippen LogP contribution in [0.3, 0.4) is 0 Å². The van der Waals surface area contributed by atoms with E-state index >= 15 is 0 Å². The molecule has 120 valence electrons. The summed E-state index contributed by atoms with van der Waals surface area (Å²) in [5.41, 5.74) is 4.59. The molecule has 2 N–H and O–H groups in total. The number of aromatic nitrogens is 2. The van der Waals surface area contributed by atoms with E-state index < -0.39 is 28.5 Å². The van der Waals surface area contributed by atoms with E-state index in [4.69, 9.17) is 15.2 Å². The number of hydrogen-bond donors (Lipinski definition) is 1. The molecule has 3 unspecified atom stereocenters. The van der Waals surface area contributed by atoms with E-state index in [9.17, 15) is 14.0 Å². The highest BCUT2D eigenvalue weighted by molar-refractivity contribution is 8.01. The second-order valence-electron chi connectivity index (χ2n) is 5.29. The fraction of sp³-hybridized carbons (Fsp3) is 0.615. The van der Waals surface area contributed by atoms with Gasteiger partial charge in [-0.15, -0.1) is 11.8 Å². The van der Waals surface area contributed by atoms with Crippen LogP contribution in [0.15, 0.2) is 11.0 Å². The number of ether oxygens (including phenoxy) is 2. The molecule has 3 atom stereocenters. The van der Waals surface area contributed by atoms with Gasteiger partial charge in [0.25, 0.3) is 0 Å². The van der Waals surface area contributed by atoms with E-state index in [0.717, 1.165) is 17.2 Å². The van der Waals surface area contributed by atoms with Crippen LogP contribution in [0.2, 0.25) is 0 Å². The molecule has 1 saturated carbocycles. The molecule has 2 fully saturated rings. The van der Waals surface area contributed by atoms with Gasteiger partial charge in [-0.05, 0) is 6.42 Å². The maximum atomic E-state index is 13.5. The summed E-state index contributed by atoms with van der Waals surface area (Å²) in [5.74, 6) is -1.00. The first-order valence-corrected chi connectivity index (χ1v) is 7.99. The van der Waals surface area contributed by atoms with Crippen molar-refractivity contribution in [2.45, 2.75) is 43.5 Å². The quantitative estimate of drug-likeness (QED) is 0.824. The van der Waals surface area contributed by atoms with Crippen molar-refractivity contribution >= 4 is 23.5 Å². The second kappa shape index (κ2) is 5.54. The Kier molecular flexibility index (Phi) is 3.85. The number of thioether (sulfide) groups is 1. The van der Waals surface area contributed by atoms with E-state index in [1.165, 1.54) is 11.8 Å². The van der Waals surface area contributed by atoms with Crippen molar-refractivity contribution in [3.8, 4) is 0 Å². The van der Waals surface area contributed by atoms with Crippen LogP contribution in [0, 0.1) is 5.82 Å². The molecule has 3 rings (SSSR count). The summed E-state index contributed by atoms with van der Waals surface area (Å²) in [4.78, 5) is 26.1. The number of carbonyl (C=O) groups is 1. The molecular weight excluding hydrogens is 313 g/mol. The first kappa shape index (κ1) is 15.3. The standard InChI is InChI=1S/C13H16FN3O4S/c1-2-3-10(18)20-8-4-13(8)21-9(6-22-13)17-5-7(14)11(15)16-12(17)19/h5,8-9H,2-4,6H2,1H3,(H2,15,16,19). The summed E-state index contributed by atoms with van der Waals surface area (Å²) in [6.45, 7) is 1.90. The van der Waals surface area contributed by atoms with Gasteiger partial charge < -0.3 is 15.2 Å². The molecule has 0 radical (unpaired) electrons. The van der Waals surface area contributed by atoms with Crippen molar-refractivity contribution in [2.75, 3.05) is 11.5 Å². The molecule has 1 aromatic heterocycles. The van der Waals surface area contributed by atoms with Gasteiger partial charge in [0.1, 0.15) is 12.3 Å². The first-order chi connectivity index (χ1) is 10.4. The lowest BCUT2D eigenvalue weighted by Crippen LogP contribution is -2.30. The zero-order valence-corrected chi connectivity index (χ0v) is 12.8. The molecule has 1 aliphatic heterocycles. The summed E-state index contributed by atoms with van der Waals surface area (Å²) >= 11 is 1.46. The van der Waals surface area contributed by atoms with Gasteiger partial charge in [0.05, 0.1) is 6.20 Å². The summed E-state index contributed by atoms with van der Waals surface area (Å²) in [7, 11) is 0. The van der Waals surface area contributed by atoms with Crippen molar-refractivity contribution in [1.29, 1.82) is 0 Å². The molecule has 0 bridgehead atoms. The molecule has 0 amide bonds. The Morgan fingerprint density at radius 3 is 3.23 bits per heavy atom. The number of anilines is 1. The normalized spacial score (nSPS) is 29.7. The SMILES string of the molecule is CCCC(=O)OC1CC12OC(n1cc(F)c(N)nc1=O)CS2. The predicted molar refractivity (Wildman–Crippen MR) is 77.6 cm³/mol. The first-order valence-electron chi connectivity index (χ1n) is 7.00. The molecular formula is C13H16FN3O4S. The molecule has 7 nitrogen and oxygen atoms in total. The molecule has 1 aliphatic carbocycles. The van der Waals surface area contributed by atoms with Crippen LogP contribution >= 0.6 is 11.8 Å². The largest absolute Gasteiger partial charge is 0.458 e. The lowest BCUT2D eigenvalue weighted by Gasteiger charge is -2.15. The van der Waals surface area contributed by atoms with Crippen molar-refractivity contribution < 1.29 is 18.7 Å². The maximum Gasteiger partial charge on any atom is 0.351 e. The summed E-state index contributed by atoms with van der Waals surface area (Å²) in [6.07, 6.45) is 1.70. The zero-order chi connectivity index (χ0) is 15.9. The molecule has 2 heterocycles. The maximum absolute atomic E-state index is 13.5. The van der Waals surface area contributed by atoms with Crippen LogP contribution in [-0.4, -0.2) is 32.3 Å². The highest BCUT2D eigenvalue weighted by atomic mass is 32.2. The van der Waals surface area contributed by atoms with Crippen molar-refractivity contribution in [2.24, 2.45) is 0 Å². The smallest absolute Gasteiger partial charge is 0.351 e. The predicted octanol–water partition coefficient (Wildman–Crippen LogP) is 1.04. The molecule has 0 aromatic carbocycles. The Balaban J connectivity index is 1.68. The average Bonchev–Trinajstić information content (AvgIpc) is 2.92. The van der Waals surface area contributed by atoms with Gasteiger partial charge in [-0.25, -0.2) is 9.18 Å². The number of halogens is 1. The Hall–Kier alpha value is -1.61. The van der Waals surface area contributed by atoms with Crippen LogP contribution < -0.4 is 11.4 Å². The van der Waals surface area contributed by atoms with Crippen molar-refractivity contribution in [1.82, 2.24) is 9.55 Å². The monoisotopic (exact) mass is 329 g/mol. The Labute approximate surface area is 130 Å². The average molecular weight is 329 g/mol. The van der Waals surface area contributed by atoms with Crippen molar-refractivity contribution in [3.63, 3.8) is 0 Å². The van der Waals surface area contributed by atoms with E-state index in [1.807, 2.05) is 6.92 Å². The van der Waals surface area contributed by atoms with Crippen LogP contribution in [0.1, 0.15) is 32.4 Å². The number of carbonyl (C=O) groups excluding carboxylic acids is 1. The third-order valence-corrected chi connectivity index (χ3v) is 5.04. The molecule has 22 heavy (non-hydrogen) atoms. The topological polar surface area (TPSA) is 96.4 Å². The van der Waals surface area contributed by atoms with E-state index in [-0.39, 0.29) is 12.1 Å². The number of esters is 1. The van der Waals surface area contributed by atoms with Gasteiger partial charge in [-0.3, -0.25) is 9.36 Å². The minimum atomic E-state index is -0.768. The third-order valence-electron chi connectivity index (χ3n) is 3.58. The molecule has 1 spiro atoms. The number of hydrogen-bond acceptors (Lipinski definition) is 7. The van der Waals surface area contributed by atoms with Crippen molar-refractivity contribution in [3.05, 3.63) is 22.5 Å². The van der Waals surface area contributed by atoms with Crippen LogP contribution in [0.4, 0.5) is 10.2 Å². The van der Waals surface area contributed by atoms with Gasteiger partial charge >= 0.3 is 11.7 Å². The van der Waals surface area contributed by atoms with E-state index in [1.54, 1.807) is 0 Å². The zero-order valence-electron chi connectivity index (χ0n) is 12.0. The lowest BCUT2D eigenvalue weighted by atomic mass is 10.3. The van der Waals surface area contributed by atoms with Gasteiger partial charge in [0.2, 0.25) is 0 Å². The number of nitrogens with zero attached hydrogens (tertiary/aromatic N) is 2. The Morgan fingerprint density at radius 2 is 2.50 bits per heavy atom. The molecule has 1 aromatic rings. The van der Waals surface area contributed by atoms with E-state index in [0.29, 0.717) is 18.6 Å². The van der Waals surface area contributed by atoms with Crippen LogP contribution in [-0.2, 0) is 14.3 Å². The highest BCUT2D eigenvalue weighted by Crippen LogP contribution is 2.58. The lowest BCUT2D eigenvalue weighted by molar-refractivity contribution is -0.147. The van der Waals surface area contributed by atoms with Gasteiger partial charge in [-0.1, -0.05) is 6.92 Å². The number of nitrogens with two attached hydrogens (primary N) is 1. The van der Waals surface area contributed by atoms with Gasteiger partial charge in [-0.2, -0.15) is 4.98 Å². The second-order valence-corrected chi connectivity index (χ2v) is 6.60. The summed E-state index contributed by atoms with van der Waals surface area (Å²) < 4.78 is 25.7. The Bertz CT molecular complexity index is 667. The minimum absolute atomic E-state index is 0.255. The van der Waals surface area contributed by atoms with Gasteiger partial charge in [0, 0.05) is 18.6 Å². The highest BCUT2D eigenvalue weighted by Gasteiger charge is 2.64. The molecule has 1 saturated heterocycles. The summed E-state index contributed by atoms with van der Waals surface area (Å²) in [6, 6.07) is 0. The fourth-order valence-electron chi connectivity index (χ4n) is 2.34. The molecule has 2 aliphatic rings. The number of rotatable bonds is 4. The summed E-state index contributed by atoms with van der Waals surface area (Å²) in [5, 5.41) is 0. The molecule has 9 heteroatoms. The van der Waals surface area contributed by atoms with Gasteiger partial charge in [0.15, 0.2) is 16.6 Å². The Morgan fingerprint density at radius 1 is 1.73 bits per heavy atom. The van der Waals surface area contributed by atoms with Crippen LogP contribution in [0.5, 0.6) is 0 Å².